The topological polar surface area (TPSA) is 49.9 Å². The summed E-state index contributed by atoms with van der Waals surface area (Å²) in [6.45, 7) is 6.46. The number of nitrogens with zero attached hydrogens (tertiary/aromatic N) is 2. The highest BCUT2D eigenvalue weighted by Crippen LogP contribution is 2.36. The normalized spacial score (nSPS) is 21.2. The van der Waals surface area contributed by atoms with Gasteiger partial charge in [0.15, 0.2) is 0 Å². The summed E-state index contributed by atoms with van der Waals surface area (Å²) in [6.07, 6.45) is 4.27. The van der Waals surface area contributed by atoms with E-state index in [1.54, 1.807) is 12.1 Å². The Balaban J connectivity index is 1.62. The molecule has 0 radical (unpaired) electrons. The second-order valence-electron chi connectivity index (χ2n) is 7.03. The summed E-state index contributed by atoms with van der Waals surface area (Å²) >= 11 is 0. The fraction of sp³-hybridized carbons (Fsp3) is 0.500. The minimum atomic E-state index is -0.326. The smallest absolute Gasteiger partial charge is 0.337 e. The van der Waals surface area contributed by atoms with Crippen LogP contribution < -0.4 is 4.90 Å². The van der Waals surface area contributed by atoms with Crippen LogP contribution in [0.3, 0.4) is 0 Å². The largest absolute Gasteiger partial charge is 0.465 e. The molecular formula is C20H26N2O3. The number of esters is 1. The van der Waals surface area contributed by atoms with E-state index < -0.39 is 0 Å². The fourth-order valence-corrected chi connectivity index (χ4v) is 3.38. The van der Waals surface area contributed by atoms with E-state index in [1.807, 2.05) is 23.1 Å². The minimum absolute atomic E-state index is 0.137. The maximum Gasteiger partial charge on any atom is 0.337 e. The maximum absolute atomic E-state index is 12.5. The molecule has 5 heteroatoms. The highest BCUT2D eigenvalue weighted by Gasteiger charge is 2.28. The molecule has 1 saturated heterocycles. The fourth-order valence-electron chi connectivity index (χ4n) is 3.38. The Kier molecular flexibility index (Phi) is 5.11. The van der Waals surface area contributed by atoms with Crippen molar-refractivity contribution >= 4 is 17.6 Å². The number of piperazine rings is 1. The van der Waals surface area contributed by atoms with Gasteiger partial charge >= 0.3 is 5.97 Å². The predicted octanol–water partition coefficient (Wildman–Crippen LogP) is 2.87. The highest BCUT2D eigenvalue weighted by molar-refractivity contribution is 5.90. The number of hydrogen-bond donors (Lipinski definition) is 0. The van der Waals surface area contributed by atoms with Crippen LogP contribution in [0.15, 0.2) is 35.9 Å². The van der Waals surface area contributed by atoms with Gasteiger partial charge in [0.25, 0.3) is 0 Å². The summed E-state index contributed by atoms with van der Waals surface area (Å²) in [5, 5.41) is 0. The van der Waals surface area contributed by atoms with Gasteiger partial charge in [-0.1, -0.05) is 5.57 Å². The number of anilines is 1. The molecule has 1 aliphatic carbocycles. The first-order valence-electron chi connectivity index (χ1n) is 8.91. The van der Waals surface area contributed by atoms with Gasteiger partial charge < -0.3 is 14.5 Å². The van der Waals surface area contributed by atoms with Crippen LogP contribution >= 0.6 is 0 Å². The van der Waals surface area contributed by atoms with E-state index in [4.69, 9.17) is 4.74 Å². The number of carbonyl (C=O) groups excluding carboxylic acids is 2. The summed E-state index contributed by atoms with van der Waals surface area (Å²) in [5.41, 5.74) is 2.84. The van der Waals surface area contributed by atoms with E-state index in [2.05, 4.69) is 18.7 Å². The summed E-state index contributed by atoms with van der Waals surface area (Å²) in [5.74, 6) is 0.444. The average Bonchev–Trinajstić information content (AvgIpc) is 3.46. The zero-order valence-electron chi connectivity index (χ0n) is 15.2. The van der Waals surface area contributed by atoms with Crippen molar-refractivity contribution in [2.45, 2.75) is 32.7 Å². The number of methoxy groups -OCH3 is 1. The molecule has 2 aliphatic rings. The summed E-state index contributed by atoms with van der Waals surface area (Å²) in [6, 6.07) is 7.60. The number of benzene rings is 1. The summed E-state index contributed by atoms with van der Waals surface area (Å²) in [7, 11) is 1.38. The number of amides is 1. The Morgan fingerprint density at radius 1 is 1.16 bits per heavy atom. The molecule has 1 atom stereocenters. The van der Waals surface area contributed by atoms with Gasteiger partial charge in [-0.15, -0.1) is 0 Å². The zero-order valence-corrected chi connectivity index (χ0v) is 15.2. The van der Waals surface area contributed by atoms with Gasteiger partial charge in [0.2, 0.25) is 5.91 Å². The third-order valence-corrected chi connectivity index (χ3v) is 5.14. The van der Waals surface area contributed by atoms with Crippen LogP contribution in [0.4, 0.5) is 5.69 Å². The molecule has 134 valence electrons. The molecule has 1 unspecified atom stereocenters. The lowest BCUT2D eigenvalue weighted by atomic mass is 10.1. The molecule has 1 amide bonds. The Morgan fingerprint density at radius 3 is 2.40 bits per heavy atom. The van der Waals surface area contributed by atoms with Gasteiger partial charge in [0.1, 0.15) is 0 Å². The van der Waals surface area contributed by atoms with Crippen LogP contribution in [-0.4, -0.2) is 49.6 Å². The zero-order chi connectivity index (χ0) is 18.0. The second kappa shape index (κ2) is 7.30. The van der Waals surface area contributed by atoms with Crippen molar-refractivity contribution in [3.05, 3.63) is 41.5 Å². The lowest BCUT2D eigenvalue weighted by molar-refractivity contribution is -0.128. The SMILES string of the molecule is COC(=O)c1ccc(N2CCN(C(=O)/C=C(/C)C3CC3)C(C)C2)cc1. The molecular weight excluding hydrogens is 316 g/mol. The molecule has 1 aromatic rings. The van der Waals surface area contributed by atoms with Crippen LogP contribution in [-0.2, 0) is 9.53 Å². The first-order valence-corrected chi connectivity index (χ1v) is 8.91. The van der Waals surface area contributed by atoms with E-state index in [9.17, 15) is 9.59 Å². The van der Waals surface area contributed by atoms with Crippen molar-refractivity contribution in [3.63, 3.8) is 0 Å². The number of allylic oxidation sites excluding steroid dienone is 1. The molecule has 25 heavy (non-hydrogen) atoms. The quantitative estimate of drug-likeness (QED) is 0.624. The lowest BCUT2D eigenvalue weighted by Crippen LogP contribution is -2.53. The standard InChI is InChI=1S/C20H26N2O3/c1-14(16-4-5-16)12-19(23)22-11-10-21(13-15(22)2)18-8-6-17(7-9-18)20(24)25-3/h6-9,12,15-16H,4-5,10-11,13H2,1-3H3/b14-12-. The Bertz CT molecular complexity index is 677. The van der Waals surface area contributed by atoms with Crippen molar-refractivity contribution in [3.8, 4) is 0 Å². The first-order chi connectivity index (χ1) is 12.0. The summed E-state index contributed by atoms with van der Waals surface area (Å²) < 4.78 is 4.73. The Labute approximate surface area is 149 Å². The van der Waals surface area contributed by atoms with Crippen LogP contribution in [0.5, 0.6) is 0 Å². The third-order valence-electron chi connectivity index (χ3n) is 5.14. The average molecular weight is 342 g/mol. The monoisotopic (exact) mass is 342 g/mol. The van der Waals surface area contributed by atoms with Crippen LogP contribution in [0.25, 0.3) is 0 Å². The highest BCUT2D eigenvalue weighted by atomic mass is 16.5. The van der Waals surface area contributed by atoms with Crippen molar-refractivity contribution in [1.29, 1.82) is 0 Å². The molecule has 3 rings (SSSR count). The molecule has 5 nitrogen and oxygen atoms in total. The molecule has 0 spiro atoms. The number of hydrogen-bond acceptors (Lipinski definition) is 4. The number of ether oxygens (including phenoxy) is 1. The molecule has 1 aromatic carbocycles. The van der Waals surface area contributed by atoms with E-state index in [0.29, 0.717) is 18.0 Å². The van der Waals surface area contributed by atoms with Crippen LogP contribution in [0.1, 0.15) is 37.0 Å². The minimum Gasteiger partial charge on any atom is -0.465 e. The molecule has 1 heterocycles. The van der Waals surface area contributed by atoms with E-state index >= 15 is 0 Å². The van der Waals surface area contributed by atoms with E-state index in [0.717, 1.165) is 18.8 Å². The lowest BCUT2D eigenvalue weighted by Gasteiger charge is -2.40. The van der Waals surface area contributed by atoms with Gasteiger partial charge in [-0.05, 0) is 56.9 Å². The Morgan fingerprint density at radius 2 is 1.84 bits per heavy atom. The van der Waals surface area contributed by atoms with Crippen molar-refractivity contribution in [2.24, 2.45) is 5.92 Å². The molecule has 1 aliphatic heterocycles. The molecule has 2 fully saturated rings. The summed E-state index contributed by atoms with van der Waals surface area (Å²) in [4.78, 5) is 28.3. The van der Waals surface area contributed by atoms with Crippen LogP contribution in [0, 0.1) is 5.92 Å². The number of carbonyl (C=O) groups is 2. The molecule has 0 aromatic heterocycles. The van der Waals surface area contributed by atoms with Gasteiger partial charge in [-0.3, -0.25) is 4.79 Å². The van der Waals surface area contributed by atoms with Crippen molar-refractivity contribution < 1.29 is 14.3 Å². The van der Waals surface area contributed by atoms with Crippen molar-refractivity contribution in [1.82, 2.24) is 4.90 Å². The van der Waals surface area contributed by atoms with Gasteiger partial charge in [0, 0.05) is 37.4 Å². The predicted molar refractivity (Wildman–Crippen MR) is 97.7 cm³/mol. The van der Waals surface area contributed by atoms with Crippen molar-refractivity contribution in [2.75, 3.05) is 31.6 Å². The van der Waals surface area contributed by atoms with Gasteiger partial charge in [0.05, 0.1) is 12.7 Å². The first kappa shape index (κ1) is 17.5. The number of rotatable bonds is 4. The Hall–Kier alpha value is -2.30. The molecule has 0 bridgehead atoms. The van der Waals surface area contributed by atoms with E-state index in [-0.39, 0.29) is 17.9 Å². The van der Waals surface area contributed by atoms with Gasteiger partial charge in [-0.2, -0.15) is 0 Å². The van der Waals surface area contributed by atoms with E-state index in [1.165, 1.54) is 25.5 Å². The molecule has 0 N–H and O–H groups in total. The maximum atomic E-state index is 12.5. The molecule has 1 saturated carbocycles. The third kappa shape index (κ3) is 4.03. The van der Waals surface area contributed by atoms with Crippen LogP contribution in [0.2, 0.25) is 0 Å². The van der Waals surface area contributed by atoms with Gasteiger partial charge in [-0.25, -0.2) is 4.79 Å². The second-order valence-corrected chi connectivity index (χ2v) is 7.03.